The third kappa shape index (κ3) is 4.64. The first-order valence-corrected chi connectivity index (χ1v) is 10.8. The van der Waals surface area contributed by atoms with Gasteiger partial charge in [-0.05, 0) is 69.7 Å². The Morgan fingerprint density at radius 2 is 1.93 bits per heavy atom. The Kier molecular flexibility index (Phi) is 5.66. The predicted molar refractivity (Wildman–Crippen MR) is 106 cm³/mol. The van der Waals surface area contributed by atoms with Gasteiger partial charge in [-0.25, -0.2) is 0 Å². The predicted octanol–water partition coefficient (Wildman–Crippen LogP) is 3.66. The molecule has 2 aliphatic rings. The highest BCUT2D eigenvalue weighted by atomic mass is 32.2. The number of aromatic nitrogens is 3. The highest BCUT2D eigenvalue weighted by molar-refractivity contribution is 7.99. The number of nitrogens with zero attached hydrogens (tertiary/aromatic N) is 3. The average Bonchev–Trinajstić information content (AvgIpc) is 3.18. The molecular formula is C20H26N4O2S. The minimum absolute atomic E-state index is 0.0723. The quantitative estimate of drug-likeness (QED) is 0.701. The molecule has 1 N–H and O–H groups in total. The summed E-state index contributed by atoms with van der Waals surface area (Å²) in [6.07, 6.45) is 7.41. The van der Waals surface area contributed by atoms with Crippen molar-refractivity contribution in [3.8, 4) is 17.1 Å². The lowest BCUT2D eigenvalue weighted by Crippen LogP contribution is -2.27. The molecule has 6 nitrogen and oxygen atoms in total. The van der Waals surface area contributed by atoms with Crippen LogP contribution >= 0.6 is 11.8 Å². The molecule has 0 radical (unpaired) electrons. The van der Waals surface area contributed by atoms with Crippen LogP contribution < -0.4 is 10.1 Å². The lowest BCUT2D eigenvalue weighted by Gasteiger charge is -2.13. The molecule has 1 amide bonds. The Morgan fingerprint density at radius 1 is 1.19 bits per heavy atom. The Bertz CT molecular complexity index is 780. The van der Waals surface area contributed by atoms with Gasteiger partial charge in [0.1, 0.15) is 5.75 Å². The molecule has 0 bridgehead atoms. The molecule has 2 saturated carbocycles. The first kappa shape index (κ1) is 18.3. The van der Waals surface area contributed by atoms with Crippen LogP contribution in [0, 0.1) is 0 Å². The fourth-order valence-corrected chi connectivity index (χ4v) is 4.22. The molecule has 0 unspecified atom stereocenters. The fourth-order valence-electron chi connectivity index (χ4n) is 3.40. The van der Waals surface area contributed by atoms with E-state index in [1.807, 2.05) is 24.3 Å². The van der Waals surface area contributed by atoms with Gasteiger partial charge in [-0.3, -0.25) is 4.79 Å². The van der Waals surface area contributed by atoms with E-state index in [0.29, 0.717) is 17.9 Å². The Morgan fingerprint density at radius 3 is 2.59 bits per heavy atom. The molecule has 27 heavy (non-hydrogen) atoms. The number of hydrogen-bond acceptors (Lipinski definition) is 5. The van der Waals surface area contributed by atoms with Gasteiger partial charge in [-0.2, -0.15) is 0 Å². The second-order valence-electron chi connectivity index (χ2n) is 7.23. The molecule has 0 spiro atoms. The number of carbonyl (C=O) groups excluding carboxylic acids is 1. The van der Waals surface area contributed by atoms with Crippen LogP contribution in [0.2, 0.25) is 0 Å². The van der Waals surface area contributed by atoms with Crippen molar-refractivity contribution in [3.63, 3.8) is 0 Å². The average molecular weight is 387 g/mol. The third-order valence-electron chi connectivity index (χ3n) is 5.03. The maximum atomic E-state index is 11.9. The van der Waals surface area contributed by atoms with Crippen LogP contribution in [-0.4, -0.2) is 38.6 Å². The summed E-state index contributed by atoms with van der Waals surface area (Å²) < 4.78 is 8.10. The zero-order valence-corrected chi connectivity index (χ0v) is 16.5. The molecule has 1 heterocycles. The van der Waals surface area contributed by atoms with Gasteiger partial charge in [0.2, 0.25) is 5.91 Å². The van der Waals surface area contributed by atoms with E-state index in [1.54, 1.807) is 0 Å². The van der Waals surface area contributed by atoms with E-state index in [1.165, 1.54) is 24.6 Å². The maximum absolute atomic E-state index is 11.9. The van der Waals surface area contributed by atoms with Crippen molar-refractivity contribution >= 4 is 17.7 Å². The van der Waals surface area contributed by atoms with Gasteiger partial charge in [-0.1, -0.05) is 11.8 Å². The van der Waals surface area contributed by atoms with Crippen molar-refractivity contribution in [2.75, 3.05) is 5.75 Å². The number of hydrogen-bond donors (Lipinski definition) is 1. The number of rotatable bonds is 8. The second-order valence-corrected chi connectivity index (χ2v) is 8.17. The highest BCUT2D eigenvalue weighted by Crippen LogP contribution is 2.28. The van der Waals surface area contributed by atoms with Crippen molar-refractivity contribution < 1.29 is 9.53 Å². The van der Waals surface area contributed by atoms with Crippen LogP contribution in [0.5, 0.6) is 5.75 Å². The van der Waals surface area contributed by atoms with Crippen molar-refractivity contribution in [1.82, 2.24) is 20.1 Å². The summed E-state index contributed by atoms with van der Waals surface area (Å²) in [5, 5.41) is 12.4. The lowest BCUT2D eigenvalue weighted by atomic mass is 10.2. The normalized spacial score (nSPS) is 17.2. The molecule has 2 fully saturated rings. The topological polar surface area (TPSA) is 69.0 Å². The molecule has 1 aromatic heterocycles. The van der Waals surface area contributed by atoms with Crippen LogP contribution in [0.25, 0.3) is 11.4 Å². The number of carbonyl (C=O) groups is 1. The number of thioether (sulfide) groups is 1. The standard InChI is InChI=1S/C20H26N4O2S/c1-2-24-19(22-23-20(24)27-13-18(25)21-15-9-10-15)14-7-11-17(12-8-14)26-16-5-3-4-6-16/h7-8,11-12,15-16H,2-6,9-10,13H2,1H3,(H,21,25). The summed E-state index contributed by atoms with van der Waals surface area (Å²) in [7, 11) is 0. The SMILES string of the molecule is CCn1c(SCC(=O)NC2CC2)nnc1-c1ccc(OC2CCCC2)cc1. The highest BCUT2D eigenvalue weighted by Gasteiger charge is 2.23. The molecule has 0 saturated heterocycles. The summed E-state index contributed by atoms with van der Waals surface area (Å²) in [6, 6.07) is 8.49. The minimum Gasteiger partial charge on any atom is -0.490 e. The first-order chi connectivity index (χ1) is 13.2. The number of nitrogens with one attached hydrogen (secondary N) is 1. The summed E-state index contributed by atoms with van der Waals surface area (Å²) in [6.45, 7) is 2.83. The van der Waals surface area contributed by atoms with Gasteiger partial charge in [0, 0.05) is 18.2 Å². The van der Waals surface area contributed by atoms with Gasteiger partial charge < -0.3 is 14.6 Å². The molecule has 2 aliphatic carbocycles. The largest absolute Gasteiger partial charge is 0.490 e. The van der Waals surface area contributed by atoms with Gasteiger partial charge in [0.25, 0.3) is 0 Å². The van der Waals surface area contributed by atoms with E-state index in [-0.39, 0.29) is 5.91 Å². The zero-order chi connectivity index (χ0) is 18.6. The second kappa shape index (κ2) is 8.33. The van der Waals surface area contributed by atoms with E-state index >= 15 is 0 Å². The van der Waals surface area contributed by atoms with Crippen LogP contribution in [0.1, 0.15) is 45.4 Å². The first-order valence-electron chi connectivity index (χ1n) is 9.85. The molecule has 4 rings (SSSR count). The summed E-state index contributed by atoms with van der Waals surface area (Å²) >= 11 is 1.44. The molecule has 2 aromatic rings. The summed E-state index contributed by atoms with van der Waals surface area (Å²) in [5.74, 6) is 2.20. The number of amides is 1. The van der Waals surface area contributed by atoms with Crippen molar-refractivity contribution in [2.45, 2.75) is 69.3 Å². The monoisotopic (exact) mass is 386 g/mol. The van der Waals surface area contributed by atoms with Crippen molar-refractivity contribution in [1.29, 1.82) is 0 Å². The molecule has 0 aliphatic heterocycles. The van der Waals surface area contributed by atoms with E-state index in [9.17, 15) is 4.79 Å². The molecule has 1 aromatic carbocycles. The van der Waals surface area contributed by atoms with Crippen LogP contribution in [-0.2, 0) is 11.3 Å². The van der Waals surface area contributed by atoms with Gasteiger partial charge in [0.15, 0.2) is 11.0 Å². The number of ether oxygens (including phenoxy) is 1. The minimum atomic E-state index is 0.0723. The molecule has 144 valence electrons. The smallest absolute Gasteiger partial charge is 0.230 e. The summed E-state index contributed by atoms with van der Waals surface area (Å²) in [4.78, 5) is 11.9. The van der Waals surface area contributed by atoms with Crippen LogP contribution in [0.15, 0.2) is 29.4 Å². The Balaban J connectivity index is 1.41. The van der Waals surface area contributed by atoms with Crippen LogP contribution in [0.3, 0.4) is 0 Å². The Hall–Kier alpha value is -2.02. The lowest BCUT2D eigenvalue weighted by molar-refractivity contribution is -0.118. The van der Waals surface area contributed by atoms with E-state index in [4.69, 9.17) is 4.74 Å². The van der Waals surface area contributed by atoms with Crippen molar-refractivity contribution in [3.05, 3.63) is 24.3 Å². The fraction of sp³-hybridized carbons (Fsp3) is 0.550. The third-order valence-corrected chi connectivity index (χ3v) is 5.99. The molecule has 7 heteroatoms. The van der Waals surface area contributed by atoms with Gasteiger partial charge in [0.05, 0.1) is 11.9 Å². The van der Waals surface area contributed by atoms with E-state index in [2.05, 4.69) is 27.0 Å². The van der Waals surface area contributed by atoms with Gasteiger partial charge >= 0.3 is 0 Å². The zero-order valence-electron chi connectivity index (χ0n) is 15.7. The molecular weight excluding hydrogens is 360 g/mol. The Labute approximate surface area is 164 Å². The molecule has 0 atom stereocenters. The van der Waals surface area contributed by atoms with Gasteiger partial charge in [-0.15, -0.1) is 10.2 Å². The van der Waals surface area contributed by atoms with Crippen LogP contribution in [0.4, 0.5) is 0 Å². The summed E-state index contributed by atoms with van der Waals surface area (Å²) in [5.41, 5.74) is 1.01. The number of benzene rings is 1. The van der Waals surface area contributed by atoms with Crippen molar-refractivity contribution in [2.24, 2.45) is 0 Å². The maximum Gasteiger partial charge on any atom is 0.230 e. The van der Waals surface area contributed by atoms with E-state index in [0.717, 1.165) is 54.5 Å². The van der Waals surface area contributed by atoms with E-state index < -0.39 is 0 Å².